The molecule has 2 atom stereocenters. The number of hydrogen-bond acceptors (Lipinski definition) is 2. The molecule has 1 aromatic carbocycles. The molecule has 2 unspecified atom stereocenters. The van der Waals surface area contributed by atoms with Crippen molar-refractivity contribution in [3.05, 3.63) is 34.9 Å². The zero-order chi connectivity index (χ0) is 12.7. The van der Waals surface area contributed by atoms with Gasteiger partial charge in [-0.3, -0.25) is 0 Å². The van der Waals surface area contributed by atoms with E-state index in [1.165, 1.54) is 5.56 Å². The molecule has 0 heterocycles. The number of likely N-dealkylation sites (N-methyl/N-ethyl adjacent to an activating group) is 1. The minimum absolute atomic E-state index is 0.330. The normalized spacial score (nSPS) is 14.6. The van der Waals surface area contributed by atoms with E-state index in [-0.39, 0.29) is 0 Å². The third-order valence-corrected chi connectivity index (χ3v) is 3.38. The summed E-state index contributed by atoms with van der Waals surface area (Å²) in [5.41, 5.74) is 1.32. The van der Waals surface area contributed by atoms with Gasteiger partial charge in [-0.25, -0.2) is 0 Å². The first-order chi connectivity index (χ1) is 8.15. The quantitative estimate of drug-likeness (QED) is 0.807. The fourth-order valence-electron chi connectivity index (χ4n) is 1.81. The van der Waals surface area contributed by atoms with Crippen molar-refractivity contribution in [2.24, 2.45) is 0 Å². The zero-order valence-electron chi connectivity index (χ0n) is 10.9. The first-order valence-corrected chi connectivity index (χ1v) is 6.48. The molecule has 1 aromatic rings. The van der Waals surface area contributed by atoms with Crippen molar-refractivity contribution in [1.29, 1.82) is 0 Å². The van der Waals surface area contributed by atoms with E-state index in [4.69, 9.17) is 16.3 Å². The van der Waals surface area contributed by atoms with E-state index in [9.17, 15) is 0 Å². The molecule has 0 radical (unpaired) electrons. The Labute approximate surface area is 109 Å². The second-order valence-electron chi connectivity index (χ2n) is 4.44. The van der Waals surface area contributed by atoms with Gasteiger partial charge in [0.25, 0.3) is 0 Å². The highest BCUT2D eigenvalue weighted by molar-refractivity contribution is 6.30. The number of hydrogen-bond donors (Lipinski definition) is 1. The Morgan fingerprint density at radius 2 is 1.88 bits per heavy atom. The average Bonchev–Trinajstić information content (AvgIpc) is 2.36. The largest absolute Gasteiger partial charge is 0.382 e. The molecule has 0 spiro atoms. The maximum absolute atomic E-state index is 5.87. The lowest BCUT2D eigenvalue weighted by atomic mass is 10.0. The number of methoxy groups -OCH3 is 1. The van der Waals surface area contributed by atoms with Crippen molar-refractivity contribution in [3.8, 4) is 0 Å². The van der Waals surface area contributed by atoms with Crippen LogP contribution in [-0.4, -0.2) is 26.3 Å². The Bertz CT molecular complexity index is 313. The number of halogens is 1. The van der Waals surface area contributed by atoms with Crippen molar-refractivity contribution in [3.63, 3.8) is 0 Å². The standard InChI is InChI=1S/C14H22ClNO/c1-11(17-3)4-9-14(16-2)10-12-5-7-13(15)8-6-12/h5-8,11,14,16H,4,9-10H2,1-3H3. The minimum Gasteiger partial charge on any atom is -0.382 e. The molecule has 2 nitrogen and oxygen atoms in total. The smallest absolute Gasteiger partial charge is 0.0543 e. The predicted molar refractivity (Wildman–Crippen MR) is 73.7 cm³/mol. The van der Waals surface area contributed by atoms with E-state index in [0.717, 1.165) is 24.3 Å². The van der Waals surface area contributed by atoms with Gasteiger partial charge in [0.15, 0.2) is 0 Å². The molecule has 0 aliphatic rings. The van der Waals surface area contributed by atoms with Gasteiger partial charge in [-0.05, 0) is 50.9 Å². The van der Waals surface area contributed by atoms with E-state index in [1.807, 2.05) is 19.2 Å². The predicted octanol–water partition coefficient (Wildman–Crippen LogP) is 3.29. The summed E-state index contributed by atoms with van der Waals surface area (Å²) in [4.78, 5) is 0. The molecule has 1 N–H and O–H groups in total. The third kappa shape index (κ3) is 5.53. The van der Waals surface area contributed by atoms with Crippen LogP contribution in [0.3, 0.4) is 0 Å². The van der Waals surface area contributed by atoms with Crippen LogP contribution in [-0.2, 0) is 11.2 Å². The van der Waals surface area contributed by atoms with Gasteiger partial charge in [-0.1, -0.05) is 23.7 Å². The molecule has 17 heavy (non-hydrogen) atoms. The van der Waals surface area contributed by atoms with Gasteiger partial charge in [0.2, 0.25) is 0 Å². The van der Waals surface area contributed by atoms with E-state index in [0.29, 0.717) is 12.1 Å². The first-order valence-electron chi connectivity index (χ1n) is 6.10. The fourth-order valence-corrected chi connectivity index (χ4v) is 1.93. The van der Waals surface area contributed by atoms with Gasteiger partial charge in [0, 0.05) is 18.2 Å². The van der Waals surface area contributed by atoms with Gasteiger partial charge in [-0.15, -0.1) is 0 Å². The van der Waals surface area contributed by atoms with Crippen LogP contribution in [0.5, 0.6) is 0 Å². The van der Waals surface area contributed by atoms with Crippen molar-refractivity contribution in [2.45, 2.75) is 38.3 Å². The van der Waals surface area contributed by atoms with Crippen LogP contribution in [0.25, 0.3) is 0 Å². The third-order valence-electron chi connectivity index (χ3n) is 3.13. The Balaban J connectivity index is 2.43. The summed E-state index contributed by atoms with van der Waals surface area (Å²) < 4.78 is 5.27. The summed E-state index contributed by atoms with van der Waals surface area (Å²) in [7, 11) is 3.77. The molecule has 0 fully saturated rings. The lowest BCUT2D eigenvalue weighted by molar-refractivity contribution is 0.106. The van der Waals surface area contributed by atoms with Crippen molar-refractivity contribution < 1.29 is 4.74 Å². The topological polar surface area (TPSA) is 21.3 Å². The highest BCUT2D eigenvalue weighted by Crippen LogP contribution is 2.13. The molecule has 0 aliphatic heterocycles. The minimum atomic E-state index is 0.330. The lowest BCUT2D eigenvalue weighted by Gasteiger charge is -2.18. The van der Waals surface area contributed by atoms with Crippen molar-refractivity contribution >= 4 is 11.6 Å². The molecule has 0 saturated carbocycles. The van der Waals surface area contributed by atoms with Gasteiger partial charge in [-0.2, -0.15) is 0 Å². The SMILES string of the molecule is CNC(CCC(C)OC)Cc1ccc(Cl)cc1. The summed E-state index contributed by atoms with van der Waals surface area (Å²) in [6.45, 7) is 2.11. The molecule has 0 aliphatic carbocycles. The molecule has 0 bridgehead atoms. The summed E-state index contributed by atoms with van der Waals surface area (Å²) in [6, 6.07) is 8.57. The highest BCUT2D eigenvalue weighted by Gasteiger charge is 2.09. The summed E-state index contributed by atoms with van der Waals surface area (Å²) in [5, 5.41) is 4.15. The lowest BCUT2D eigenvalue weighted by Crippen LogP contribution is -2.28. The number of benzene rings is 1. The Kier molecular flexibility index (Phi) is 6.56. The molecule has 0 aromatic heterocycles. The second kappa shape index (κ2) is 7.70. The van der Waals surface area contributed by atoms with Crippen LogP contribution in [0.4, 0.5) is 0 Å². The number of nitrogens with one attached hydrogen (secondary N) is 1. The van der Waals surface area contributed by atoms with Crippen LogP contribution in [0, 0.1) is 0 Å². The van der Waals surface area contributed by atoms with E-state index in [2.05, 4.69) is 24.4 Å². The van der Waals surface area contributed by atoms with E-state index >= 15 is 0 Å². The monoisotopic (exact) mass is 255 g/mol. The summed E-state index contributed by atoms with van der Waals surface area (Å²) in [5.74, 6) is 0. The average molecular weight is 256 g/mol. The first kappa shape index (κ1) is 14.5. The highest BCUT2D eigenvalue weighted by atomic mass is 35.5. The molecule has 3 heteroatoms. The van der Waals surface area contributed by atoms with Gasteiger partial charge in [0.1, 0.15) is 0 Å². The van der Waals surface area contributed by atoms with E-state index in [1.54, 1.807) is 7.11 Å². The Morgan fingerprint density at radius 1 is 1.24 bits per heavy atom. The number of ether oxygens (including phenoxy) is 1. The molecule has 0 amide bonds. The van der Waals surface area contributed by atoms with Gasteiger partial charge in [0.05, 0.1) is 6.10 Å². The van der Waals surface area contributed by atoms with Crippen LogP contribution < -0.4 is 5.32 Å². The van der Waals surface area contributed by atoms with Crippen molar-refractivity contribution in [2.75, 3.05) is 14.2 Å². The molecule has 0 saturated heterocycles. The van der Waals surface area contributed by atoms with Crippen molar-refractivity contribution in [1.82, 2.24) is 5.32 Å². The van der Waals surface area contributed by atoms with Crippen LogP contribution in [0.1, 0.15) is 25.3 Å². The van der Waals surface area contributed by atoms with Crippen LogP contribution >= 0.6 is 11.6 Å². The maximum atomic E-state index is 5.87. The Morgan fingerprint density at radius 3 is 2.41 bits per heavy atom. The van der Waals surface area contributed by atoms with Crippen LogP contribution in [0.2, 0.25) is 5.02 Å². The molecular weight excluding hydrogens is 234 g/mol. The second-order valence-corrected chi connectivity index (χ2v) is 4.88. The Hall–Kier alpha value is -0.570. The molecule has 1 rings (SSSR count). The van der Waals surface area contributed by atoms with Gasteiger partial charge < -0.3 is 10.1 Å². The summed E-state index contributed by atoms with van der Waals surface area (Å²) in [6.07, 6.45) is 3.56. The summed E-state index contributed by atoms with van der Waals surface area (Å²) >= 11 is 5.87. The van der Waals surface area contributed by atoms with Crippen LogP contribution in [0.15, 0.2) is 24.3 Å². The van der Waals surface area contributed by atoms with Gasteiger partial charge >= 0.3 is 0 Å². The fraction of sp³-hybridized carbons (Fsp3) is 0.571. The number of rotatable bonds is 7. The molecular formula is C14H22ClNO. The van der Waals surface area contributed by atoms with E-state index < -0.39 is 0 Å². The zero-order valence-corrected chi connectivity index (χ0v) is 11.6. The maximum Gasteiger partial charge on any atom is 0.0543 e. The molecule has 96 valence electrons.